The summed E-state index contributed by atoms with van der Waals surface area (Å²) in [6.45, 7) is 0. The van der Waals surface area contributed by atoms with Crippen molar-refractivity contribution in [1.82, 2.24) is 0 Å². The highest BCUT2D eigenvalue weighted by atomic mass is 19.4. The molecule has 0 fully saturated rings. The van der Waals surface area contributed by atoms with Crippen LogP contribution in [-0.2, 0) is 4.79 Å². The van der Waals surface area contributed by atoms with E-state index in [-0.39, 0.29) is 17.9 Å². The predicted octanol–water partition coefficient (Wildman–Crippen LogP) is 2.78. The summed E-state index contributed by atoms with van der Waals surface area (Å²) in [5.74, 6) is -0.891. The zero-order valence-corrected chi connectivity index (χ0v) is 9.37. The maximum Gasteiger partial charge on any atom is 0.457 e. The minimum atomic E-state index is -5.10. The van der Waals surface area contributed by atoms with E-state index in [9.17, 15) is 22.4 Å². The smallest absolute Gasteiger partial charge is 0.452 e. The van der Waals surface area contributed by atoms with Gasteiger partial charge in [0, 0.05) is 5.69 Å². The fourth-order valence-corrected chi connectivity index (χ4v) is 1.08. The van der Waals surface area contributed by atoms with E-state index >= 15 is 0 Å². The maximum absolute atomic E-state index is 12.6. The van der Waals surface area contributed by atoms with Crippen LogP contribution in [0.4, 0.5) is 23.2 Å². The fourth-order valence-electron chi connectivity index (χ4n) is 1.08. The first-order valence-electron chi connectivity index (χ1n) is 4.97. The lowest BCUT2D eigenvalue weighted by atomic mass is 10.3. The molecular weight excluding hydrogens is 268 g/mol. The first-order valence-corrected chi connectivity index (χ1v) is 4.97. The number of nitrogens with one attached hydrogen (secondary N) is 1. The van der Waals surface area contributed by atoms with Crippen LogP contribution < -0.4 is 10.1 Å². The Bertz CT molecular complexity index is 479. The van der Waals surface area contributed by atoms with E-state index in [0.717, 1.165) is 12.1 Å². The molecule has 1 aromatic rings. The van der Waals surface area contributed by atoms with Crippen LogP contribution in [0.15, 0.2) is 24.3 Å². The first kappa shape index (κ1) is 14.8. The molecule has 4 nitrogen and oxygen atoms in total. The highest BCUT2D eigenvalue weighted by Crippen LogP contribution is 2.26. The molecule has 102 valence electrons. The quantitative estimate of drug-likeness (QED) is 0.860. The van der Waals surface area contributed by atoms with Crippen LogP contribution in [0.3, 0.4) is 0 Å². The molecule has 1 amide bonds. The molecule has 1 N–H and O–H groups in total. The van der Waals surface area contributed by atoms with E-state index in [2.05, 4.69) is 10.1 Å². The summed E-state index contributed by atoms with van der Waals surface area (Å²) in [6.07, 6.45) is -8.86. The Morgan fingerprint density at radius 3 is 2.42 bits per heavy atom. The number of carbonyl (C=O) groups excluding carboxylic acids is 1. The van der Waals surface area contributed by atoms with Crippen molar-refractivity contribution < 1.29 is 27.1 Å². The fraction of sp³-hybridized carbons (Fsp3) is 0.273. The van der Waals surface area contributed by atoms with Gasteiger partial charge in [0.15, 0.2) is 0 Å². The molecule has 0 spiro atoms. The highest BCUT2D eigenvalue weighted by molar-refractivity contribution is 5.92. The molecule has 0 saturated heterocycles. The average molecular weight is 276 g/mol. The van der Waals surface area contributed by atoms with Gasteiger partial charge in [0.25, 0.3) is 0 Å². The standard InChI is InChI=1S/C11H8F4N2O2/c12-10(11(13,14)15)19-8-3-1-7(2-4-8)17-9(18)5-6-16/h1-4,10H,5H2,(H,17,18). The molecule has 1 unspecified atom stereocenters. The number of nitrogens with zero attached hydrogens (tertiary/aromatic N) is 1. The number of halogens is 4. The third-order valence-corrected chi connectivity index (χ3v) is 1.87. The van der Waals surface area contributed by atoms with Gasteiger partial charge in [-0.15, -0.1) is 0 Å². The lowest BCUT2D eigenvalue weighted by Crippen LogP contribution is -2.29. The number of nitriles is 1. The summed E-state index contributed by atoms with van der Waals surface area (Å²) in [4.78, 5) is 11.0. The van der Waals surface area contributed by atoms with Gasteiger partial charge >= 0.3 is 12.5 Å². The molecule has 8 heteroatoms. The van der Waals surface area contributed by atoms with Gasteiger partial charge in [-0.2, -0.15) is 22.8 Å². The Morgan fingerprint density at radius 2 is 1.95 bits per heavy atom. The lowest BCUT2D eigenvalue weighted by molar-refractivity contribution is -0.236. The van der Waals surface area contributed by atoms with Crippen molar-refractivity contribution in [2.24, 2.45) is 0 Å². The van der Waals surface area contributed by atoms with Gasteiger partial charge < -0.3 is 10.1 Å². The monoisotopic (exact) mass is 276 g/mol. The van der Waals surface area contributed by atoms with Crippen LogP contribution >= 0.6 is 0 Å². The second-order valence-corrected chi connectivity index (χ2v) is 3.38. The molecule has 0 heterocycles. The number of benzene rings is 1. The Morgan fingerprint density at radius 1 is 1.37 bits per heavy atom. The largest absolute Gasteiger partial charge is 0.457 e. The summed E-state index contributed by atoms with van der Waals surface area (Å²) in [7, 11) is 0. The van der Waals surface area contributed by atoms with Gasteiger partial charge in [0.05, 0.1) is 6.07 Å². The van der Waals surface area contributed by atoms with E-state index in [4.69, 9.17) is 5.26 Å². The normalized spacial score (nSPS) is 12.4. The average Bonchev–Trinajstić information content (AvgIpc) is 2.30. The third kappa shape index (κ3) is 4.83. The van der Waals surface area contributed by atoms with E-state index in [1.165, 1.54) is 12.1 Å². The molecule has 0 aromatic heterocycles. The van der Waals surface area contributed by atoms with Crippen molar-refractivity contribution in [2.45, 2.75) is 19.0 Å². The maximum atomic E-state index is 12.6. The number of anilines is 1. The van der Waals surface area contributed by atoms with Crippen LogP contribution in [0.5, 0.6) is 5.75 Å². The number of ether oxygens (including phenoxy) is 1. The van der Waals surface area contributed by atoms with Gasteiger partial charge in [0.1, 0.15) is 12.2 Å². The van der Waals surface area contributed by atoms with Gasteiger partial charge in [-0.05, 0) is 24.3 Å². The highest BCUT2D eigenvalue weighted by Gasteiger charge is 2.42. The molecule has 19 heavy (non-hydrogen) atoms. The van der Waals surface area contributed by atoms with Gasteiger partial charge in [0.2, 0.25) is 5.91 Å². The Balaban J connectivity index is 2.62. The molecular formula is C11H8F4N2O2. The Labute approximate surface area is 105 Å². The van der Waals surface area contributed by atoms with E-state index in [1.54, 1.807) is 6.07 Å². The van der Waals surface area contributed by atoms with E-state index in [1.807, 2.05) is 0 Å². The van der Waals surface area contributed by atoms with Crippen LogP contribution in [0.2, 0.25) is 0 Å². The van der Waals surface area contributed by atoms with Gasteiger partial charge in [-0.25, -0.2) is 0 Å². The van der Waals surface area contributed by atoms with Crippen molar-refractivity contribution in [1.29, 1.82) is 5.26 Å². The molecule has 0 saturated carbocycles. The minimum Gasteiger partial charge on any atom is -0.452 e. The summed E-state index contributed by atoms with van der Waals surface area (Å²) in [5.41, 5.74) is 0.259. The molecule has 0 radical (unpaired) electrons. The van der Waals surface area contributed by atoms with Gasteiger partial charge in [-0.1, -0.05) is 0 Å². The summed E-state index contributed by atoms with van der Waals surface area (Å²) < 4.78 is 52.2. The summed E-state index contributed by atoms with van der Waals surface area (Å²) in [5, 5.41) is 10.6. The van der Waals surface area contributed by atoms with E-state index < -0.39 is 18.4 Å². The lowest BCUT2D eigenvalue weighted by Gasteiger charge is -2.14. The molecule has 0 aliphatic carbocycles. The van der Waals surface area contributed by atoms with Crippen LogP contribution in [0.25, 0.3) is 0 Å². The molecule has 0 aliphatic rings. The number of carbonyl (C=O) groups is 1. The van der Waals surface area contributed by atoms with Crippen LogP contribution in [-0.4, -0.2) is 18.4 Å². The van der Waals surface area contributed by atoms with Crippen molar-refractivity contribution in [3.63, 3.8) is 0 Å². The topological polar surface area (TPSA) is 62.1 Å². The molecule has 0 aliphatic heterocycles. The predicted molar refractivity (Wildman–Crippen MR) is 56.9 cm³/mol. The zero-order chi connectivity index (χ0) is 14.5. The van der Waals surface area contributed by atoms with Crippen molar-refractivity contribution in [2.75, 3.05) is 5.32 Å². The van der Waals surface area contributed by atoms with Crippen molar-refractivity contribution >= 4 is 11.6 Å². The number of amides is 1. The van der Waals surface area contributed by atoms with Crippen LogP contribution in [0, 0.1) is 11.3 Å². The molecule has 1 atom stereocenters. The second kappa shape index (κ2) is 6.04. The molecule has 0 bridgehead atoms. The zero-order valence-electron chi connectivity index (χ0n) is 9.37. The van der Waals surface area contributed by atoms with Crippen LogP contribution in [0.1, 0.15) is 6.42 Å². The number of rotatable bonds is 4. The third-order valence-electron chi connectivity index (χ3n) is 1.87. The number of hydrogen-bond acceptors (Lipinski definition) is 3. The first-order chi connectivity index (χ1) is 8.82. The molecule has 1 rings (SSSR count). The van der Waals surface area contributed by atoms with Crippen molar-refractivity contribution in [3.05, 3.63) is 24.3 Å². The Kier molecular flexibility index (Phi) is 4.69. The van der Waals surface area contributed by atoms with E-state index in [0.29, 0.717) is 0 Å². The number of hydrogen-bond donors (Lipinski definition) is 1. The van der Waals surface area contributed by atoms with Crippen molar-refractivity contribution in [3.8, 4) is 11.8 Å². The number of alkyl halides is 4. The van der Waals surface area contributed by atoms with Gasteiger partial charge in [-0.3, -0.25) is 4.79 Å². The minimum absolute atomic E-state index is 0.259. The summed E-state index contributed by atoms with van der Waals surface area (Å²) in [6, 6.07) is 6.23. The second-order valence-electron chi connectivity index (χ2n) is 3.38. The SMILES string of the molecule is N#CCC(=O)Nc1ccc(OC(F)C(F)(F)F)cc1. The molecule has 1 aromatic carbocycles. The summed E-state index contributed by atoms with van der Waals surface area (Å²) >= 11 is 0. The Hall–Kier alpha value is -2.30.